The number of hydrogen-bond donors (Lipinski definition) is 3. The molecule has 1 saturated heterocycles. The quantitative estimate of drug-likeness (QED) is 0.789. The number of hydrogen-bond acceptors (Lipinski definition) is 3. The molecule has 1 atom stereocenters. The van der Waals surface area contributed by atoms with Crippen LogP contribution in [0.3, 0.4) is 0 Å². The standard InChI is InChI=1S/C13H15FN2O4/c14-9-4-1-5-10(11(9)12(17)18)16-13(19)15-8-3-2-6-20-7-8/h1,4-5,8H,2-3,6-7H2,(H,17,18)(H2,15,16,19). The molecule has 7 heteroatoms. The lowest BCUT2D eigenvalue weighted by molar-refractivity contribution is 0.0693. The van der Waals surface area contributed by atoms with Crippen molar-refractivity contribution in [2.24, 2.45) is 0 Å². The van der Waals surface area contributed by atoms with Gasteiger partial charge >= 0.3 is 12.0 Å². The highest BCUT2D eigenvalue weighted by atomic mass is 19.1. The molecule has 0 aromatic heterocycles. The molecule has 0 spiro atoms. The molecule has 1 fully saturated rings. The van der Waals surface area contributed by atoms with Crippen LogP contribution in [-0.4, -0.2) is 36.4 Å². The summed E-state index contributed by atoms with van der Waals surface area (Å²) in [5, 5.41) is 14.0. The fourth-order valence-electron chi connectivity index (χ4n) is 2.04. The third-order valence-electron chi connectivity index (χ3n) is 2.97. The second-order valence-electron chi connectivity index (χ2n) is 4.48. The first-order chi connectivity index (χ1) is 9.58. The molecule has 0 radical (unpaired) electrons. The first kappa shape index (κ1) is 14.3. The fourth-order valence-corrected chi connectivity index (χ4v) is 2.04. The SMILES string of the molecule is O=C(Nc1cccc(F)c1C(=O)O)NC1CCCOC1. The highest BCUT2D eigenvalue weighted by molar-refractivity contribution is 6.00. The van der Waals surface area contributed by atoms with Gasteiger partial charge < -0.3 is 20.5 Å². The van der Waals surface area contributed by atoms with Crippen LogP contribution in [-0.2, 0) is 4.74 Å². The molecule has 1 heterocycles. The van der Waals surface area contributed by atoms with Gasteiger partial charge in [0.25, 0.3) is 0 Å². The third kappa shape index (κ3) is 3.45. The number of carbonyl (C=O) groups is 2. The van der Waals surface area contributed by atoms with Crippen LogP contribution in [0.5, 0.6) is 0 Å². The molecular weight excluding hydrogens is 267 g/mol. The van der Waals surface area contributed by atoms with E-state index in [1.54, 1.807) is 0 Å². The minimum Gasteiger partial charge on any atom is -0.478 e. The third-order valence-corrected chi connectivity index (χ3v) is 2.97. The van der Waals surface area contributed by atoms with Crippen LogP contribution < -0.4 is 10.6 Å². The van der Waals surface area contributed by atoms with Crippen LogP contribution in [0.2, 0.25) is 0 Å². The predicted octanol–water partition coefficient (Wildman–Crippen LogP) is 1.82. The van der Waals surface area contributed by atoms with Gasteiger partial charge in [0.2, 0.25) is 0 Å². The van der Waals surface area contributed by atoms with Crippen molar-refractivity contribution in [1.29, 1.82) is 0 Å². The summed E-state index contributed by atoms with van der Waals surface area (Å²) in [5.41, 5.74) is -0.630. The number of ether oxygens (including phenoxy) is 1. The maximum Gasteiger partial charge on any atom is 0.340 e. The van der Waals surface area contributed by atoms with Crippen molar-refractivity contribution in [2.45, 2.75) is 18.9 Å². The van der Waals surface area contributed by atoms with Gasteiger partial charge in [-0.3, -0.25) is 0 Å². The van der Waals surface area contributed by atoms with Gasteiger partial charge in [0, 0.05) is 6.61 Å². The van der Waals surface area contributed by atoms with Gasteiger partial charge in [-0.15, -0.1) is 0 Å². The van der Waals surface area contributed by atoms with Gasteiger partial charge in [0.1, 0.15) is 11.4 Å². The Hall–Kier alpha value is -2.15. The van der Waals surface area contributed by atoms with Crippen molar-refractivity contribution in [3.8, 4) is 0 Å². The number of carboxylic acids is 1. The second kappa shape index (κ2) is 6.33. The van der Waals surface area contributed by atoms with E-state index in [4.69, 9.17) is 9.84 Å². The summed E-state index contributed by atoms with van der Waals surface area (Å²) in [6.07, 6.45) is 1.65. The molecule has 108 valence electrons. The van der Waals surface area contributed by atoms with E-state index < -0.39 is 23.4 Å². The van der Waals surface area contributed by atoms with Gasteiger partial charge in [-0.25, -0.2) is 14.0 Å². The molecule has 1 aromatic carbocycles. The number of halogens is 1. The lowest BCUT2D eigenvalue weighted by Crippen LogP contribution is -2.42. The zero-order valence-electron chi connectivity index (χ0n) is 10.7. The molecule has 1 aromatic rings. The van der Waals surface area contributed by atoms with Gasteiger partial charge in [-0.05, 0) is 25.0 Å². The smallest absolute Gasteiger partial charge is 0.340 e. The normalized spacial score (nSPS) is 18.4. The zero-order chi connectivity index (χ0) is 14.5. The van der Waals surface area contributed by atoms with Crippen LogP contribution in [0.1, 0.15) is 23.2 Å². The van der Waals surface area contributed by atoms with E-state index in [9.17, 15) is 14.0 Å². The highest BCUT2D eigenvalue weighted by Gasteiger charge is 2.19. The summed E-state index contributed by atoms with van der Waals surface area (Å²) < 4.78 is 18.7. The number of carbonyl (C=O) groups excluding carboxylic acids is 1. The predicted molar refractivity (Wildman–Crippen MR) is 69.4 cm³/mol. The van der Waals surface area contributed by atoms with E-state index in [0.717, 1.165) is 18.9 Å². The zero-order valence-corrected chi connectivity index (χ0v) is 10.7. The Bertz CT molecular complexity index is 515. The fraction of sp³-hybridized carbons (Fsp3) is 0.385. The number of amides is 2. The maximum atomic E-state index is 13.4. The minimum absolute atomic E-state index is 0.0771. The Labute approximate surface area is 114 Å². The van der Waals surface area contributed by atoms with Crippen molar-refractivity contribution in [2.75, 3.05) is 18.5 Å². The van der Waals surface area contributed by atoms with E-state index in [2.05, 4.69) is 10.6 Å². The average molecular weight is 282 g/mol. The topological polar surface area (TPSA) is 87.7 Å². The first-order valence-corrected chi connectivity index (χ1v) is 6.25. The van der Waals surface area contributed by atoms with Crippen molar-refractivity contribution in [3.63, 3.8) is 0 Å². The van der Waals surface area contributed by atoms with E-state index in [-0.39, 0.29) is 11.7 Å². The maximum absolute atomic E-state index is 13.4. The Balaban J connectivity index is 2.04. The lowest BCUT2D eigenvalue weighted by atomic mass is 10.1. The summed E-state index contributed by atoms with van der Waals surface area (Å²) in [7, 11) is 0. The van der Waals surface area contributed by atoms with E-state index in [0.29, 0.717) is 13.2 Å². The van der Waals surface area contributed by atoms with Crippen LogP contribution in [0.25, 0.3) is 0 Å². The van der Waals surface area contributed by atoms with Crippen molar-refractivity contribution < 1.29 is 23.8 Å². The molecule has 6 nitrogen and oxygen atoms in total. The highest BCUT2D eigenvalue weighted by Crippen LogP contribution is 2.19. The first-order valence-electron chi connectivity index (χ1n) is 6.25. The molecular formula is C13H15FN2O4. The number of aromatic carboxylic acids is 1. The van der Waals surface area contributed by atoms with Gasteiger partial charge in [-0.2, -0.15) is 0 Å². The summed E-state index contributed by atoms with van der Waals surface area (Å²) in [5.74, 6) is -2.32. The summed E-state index contributed by atoms with van der Waals surface area (Å²) in [6, 6.07) is 3.01. The molecule has 2 amide bonds. The summed E-state index contributed by atoms with van der Waals surface area (Å²) in [4.78, 5) is 22.8. The number of anilines is 1. The molecule has 2 rings (SSSR count). The molecule has 0 saturated carbocycles. The summed E-state index contributed by atoms with van der Waals surface area (Å²) >= 11 is 0. The number of urea groups is 1. The number of benzene rings is 1. The van der Waals surface area contributed by atoms with Gasteiger partial charge in [-0.1, -0.05) is 6.07 Å². The van der Waals surface area contributed by atoms with Crippen LogP contribution in [0.4, 0.5) is 14.9 Å². The number of carboxylic acid groups (broad SMARTS) is 1. The van der Waals surface area contributed by atoms with Crippen molar-refractivity contribution in [1.82, 2.24) is 5.32 Å². The van der Waals surface area contributed by atoms with Crippen LogP contribution >= 0.6 is 0 Å². The Morgan fingerprint density at radius 1 is 1.40 bits per heavy atom. The molecule has 20 heavy (non-hydrogen) atoms. The monoisotopic (exact) mass is 282 g/mol. The van der Waals surface area contributed by atoms with Gasteiger partial charge in [0.05, 0.1) is 18.3 Å². The Morgan fingerprint density at radius 3 is 2.85 bits per heavy atom. The molecule has 0 aliphatic carbocycles. The average Bonchev–Trinajstić information content (AvgIpc) is 2.39. The van der Waals surface area contributed by atoms with Crippen LogP contribution in [0.15, 0.2) is 18.2 Å². The molecule has 1 aliphatic heterocycles. The Morgan fingerprint density at radius 2 is 2.20 bits per heavy atom. The van der Waals surface area contributed by atoms with Crippen molar-refractivity contribution in [3.05, 3.63) is 29.6 Å². The van der Waals surface area contributed by atoms with Crippen LogP contribution in [0, 0.1) is 5.82 Å². The Kier molecular flexibility index (Phi) is 4.52. The summed E-state index contributed by atoms with van der Waals surface area (Å²) in [6.45, 7) is 1.09. The van der Waals surface area contributed by atoms with Gasteiger partial charge in [0.15, 0.2) is 0 Å². The van der Waals surface area contributed by atoms with E-state index in [1.165, 1.54) is 12.1 Å². The minimum atomic E-state index is -1.43. The molecule has 3 N–H and O–H groups in total. The number of rotatable bonds is 3. The largest absolute Gasteiger partial charge is 0.478 e. The second-order valence-corrected chi connectivity index (χ2v) is 4.48. The van der Waals surface area contributed by atoms with Crippen molar-refractivity contribution >= 4 is 17.7 Å². The van der Waals surface area contributed by atoms with E-state index in [1.807, 2.05) is 0 Å². The van der Waals surface area contributed by atoms with E-state index >= 15 is 0 Å². The number of nitrogens with one attached hydrogen (secondary N) is 2. The molecule has 1 unspecified atom stereocenters. The molecule has 0 bridgehead atoms. The lowest BCUT2D eigenvalue weighted by Gasteiger charge is -2.23. The molecule has 1 aliphatic rings.